The fourth-order valence-electron chi connectivity index (χ4n) is 5.05. The van der Waals surface area contributed by atoms with Crippen molar-refractivity contribution in [2.45, 2.75) is 30.9 Å². The largest absolute Gasteiger partial charge is 0.483 e. The monoisotopic (exact) mass is 506 g/mol. The molecule has 2 N–H and O–H groups in total. The van der Waals surface area contributed by atoms with Crippen molar-refractivity contribution in [1.82, 2.24) is 15.1 Å². The molecule has 36 heavy (non-hydrogen) atoms. The summed E-state index contributed by atoms with van der Waals surface area (Å²) in [5, 5.41) is 8.39. The molecular formula is C29H38N4O2S. The normalized spacial score (nSPS) is 16.6. The molecule has 0 spiro atoms. The van der Waals surface area contributed by atoms with Gasteiger partial charge in [-0.05, 0) is 69.7 Å². The van der Waals surface area contributed by atoms with Gasteiger partial charge in [-0.2, -0.15) is 0 Å². The Labute approximate surface area is 219 Å². The van der Waals surface area contributed by atoms with E-state index in [9.17, 15) is 4.79 Å². The van der Waals surface area contributed by atoms with Crippen LogP contribution in [-0.2, 0) is 10.3 Å². The number of anilines is 1. The van der Waals surface area contributed by atoms with Gasteiger partial charge in [0.25, 0.3) is 0 Å². The summed E-state index contributed by atoms with van der Waals surface area (Å²) in [7, 11) is 6.27. The summed E-state index contributed by atoms with van der Waals surface area (Å²) < 4.78 is 6.42. The molecule has 1 aliphatic rings. The average molecular weight is 507 g/mol. The minimum Gasteiger partial charge on any atom is -0.483 e. The third-order valence-corrected chi connectivity index (χ3v) is 8.13. The van der Waals surface area contributed by atoms with Gasteiger partial charge in [-0.1, -0.05) is 48.5 Å². The number of hydrogen-bond acceptors (Lipinski definition) is 6. The maximum atomic E-state index is 13.1. The van der Waals surface area contributed by atoms with Gasteiger partial charge in [0, 0.05) is 29.9 Å². The van der Waals surface area contributed by atoms with Gasteiger partial charge in [-0.25, -0.2) is 0 Å². The van der Waals surface area contributed by atoms with Crippen LogP contribution in [0.4, 0.5) is 5.69 Å². The second kappa shape index (κ2) is 12.5. The second-order valence-electron chi connectivity index (χ2n) is 9.63. The number of amides is 1. The van der Waals surface area contributed by atoms with E-state index in [4.69, 9.17) is 4.74 Å². The number of carbonyl (C=O) groups excluding carboxylic acids is 1. The number of thiophene rings is 1. The van der Waals surface area contributed by atoms with Crippen molar-refractivity contribution in [3.05, 3.63) is 82.6 Å². The van der Waals surface area contributed by atoms with Crippen LogP contribution in [0.2, 0.25) is 0 Å². The summed E-state index contributed by atoms with van der Waals surface area (Å²) >= 11 is 1.69. The first-order chi connectivity index (χ1) is 17.5. The number of piperidine rings is 1. The number of rotatable bonds is 11. The Morgan fingerprint density at radius 2 is 1.78 bits per heavy atom. The SMILES string of the molecule is CNCC[C@@H](Oc1ccccc1NC(=O)CN1CCC(c2ccccc2)(N(C)C)CC1)c1cccs1. The molecule has 2 aromatic carbocycles. The van der Waals surface area contributed by atoms with Crippen molar-refractivity contribution in [3.63, 3.8) is 0 Å². The summed E-state index contributed by atoms with van der Waals surface area (Å²) in [6.45, 7) is 2.98. The van der Waals surface area contributed by atoms with Gasteiger partial charge in [-0.15, -0.1) is 11.3 Å². The summed E-state index contributed by atoms with van der Waals surface area (Å²) in [6.07, 6.45) is 2.77. The molecule has 1 fully saturated rings. The summed E-state index contributed by atoms with van der Waals surface area (Å²) in [4.78, 5) is 18.8. The van der Waals surface area contributed by atoms with Gasteiger partial charge in [0.15, 0.2) is 0 Å². The summed E-state index contributed by atoms with van der Waals surface area (Å²) in [5.41, 5.74) is 2.08. The van der Waals surface area contributed by atoms with Gasteiger partial charge < -0.3 is 15.4 Å². The van der Waals surface area contributed by atoms with Crippen LogP contribution in [0.3, 0.4) is 0 Å². The lowest BCUT2D eigenvalue weighted by molar-refractivity contribution is -0.118. The molecule has 0 unspecified atom stereocenters. The lowest BCUT2D eigenvalue weighted by Crippen LogP contribution is -2.51. The van der Waals surface area contributed by atoms with E-state index in [1.54, 1.807) is 11.3 Å². The highest BCUT2D eigenvalue weighted by atomic mass is 32.1. The Kier molecular flexibility index (Phi) is 9.15. The van der Waals surface area contributed by atoms with Crippen LogP contribution < -0.4 is 15.4 Å². The number of para-hydroxylation sites is 2. The molecule has 0 saturated carbocycles. The fraction of sp³-hybridized carbons (Fsp3) is 0.414. The quantitative estimate of drug-likeness (QED) is 0.385. The Morgan fingerprint density at radius 3 is 2.44 bits per heavy atom. The minimum absolute atomic E-state index is 0.00832. The van der Waals surface area contributed by atoms with E-state index >= 15 is 0 Å². The molecule has 1 aromatic heterocycles. The summed E-state index contributed by atoms with van der Waals surface area (Å²) in [6, 6.07) is 22.6. The first kappa shape index (κ1) is 26.4. The smallest absolute Gasteiger partial charge is 0.238 e. The minimum atomic E-state index is -0.0604. The number of carbonyl (C=O) groups is 1. The lowest BCUT2D eigenvalue weighted by Gasteiger charge is -2.46. The first-order valence-corrected chi connectivity index (χ1v) is 13.6. The lowest BCUT2D eigenvalue weighted by atomic mass is 9.80. The van der Waals surface area contributed by atoms with E-state index in [1.165, 1.54) is 10.4 Å². The van der Waals surface area contributed by atoms with Gasteiger partial charge in [0.05, 0.1) is 12.2 Å². The van der Waals surface area contributed by atoms with Gasteiger partial charge in [0.1, 0.15) is 11.9 Å². The number of nitrogens with zero attached hydrogens (tertiary/aromatic N) is 2. The van der Waals surface area contributed by atoms with E-state index in [2.05, 4.69) is 76.3 Å². The van der Waals surface area contributed by atoms with Crippen molar-refractivity contribution in [1.29, 1.82) is 0 Å². The van der Waals surface area contributed by atoms with Crippen LogP contribution in [-0.4, -0.2) is 63.0 Å². The Bertz CT molecular complexity index is 1080. The predicted octanol–water partition coefficient (Wildman–Crippen LogP) is 4.97. The highest BCUT2D eigenvalue weighted by Gasteiger charge is 2.38. The maximum Gasteiger partial charge on any atom is 0.238 e. The molecule has 4 rings (SSSR count). The Balaban J connectivity index is 1.37. The summed E-state index contributed by atoms with van der Waals surface area (Å²) in [5.74, 6) is 0.695. The Hall–Kier alpha value is -2.71. The zero-order chi connectivity index (χ0) is 25.4. The number of nitrogens with one attached hydrogen (secondary N) is 2. The third-order valence-electron chi connectivity index (χ3n) is 7.17. The van der Waals surface area contributed by atoms with Gasteiger partial charge in [0.2, 0.25) is 5.91 Å². The molecule has 0 radical (unpaired) electrons. The van der Waals surface area contributed by atoms with E-state index in [-0.39, 0.29) is 17.6 Å². The zero-order valence-corrected chi connectivity index (χ0v) is 22.4. The first-order valence-electron chi connectivity index (χ1n) is 12.7. The highest BCUT2D eigenvalue weighted by Crippen LogP contribution is 2.37. The molecule has 3 aromatic rings. The van der Waals surface area contributed by atoms with Crippen LogP contribution in [0, 0.1) is 0 Å². The topological polar surface area (TPSA) is 56.8 Å². The Morgan fingerprint density at radius 1 is 1.06 bits per heavy atom. The number of hydrogen-bond donors (Lipinski definition) is 2. The predicted molar refractivity (Wildman–Crippen MR) is 149 cm³/mol. The molecular weight excluding hydrogens is 468 g/mol. The molecule has 1 atom stereocenters. The molecule has 2 heterocycles. The maximum absolute atomic E-state index is 13.1. The van der Waals surface area contributed by atoms with Crippen LogP contribution >= 0.6 is 11.3 Å². The van der Waals surface area contributed by atoms with Crippen LogP contribution in [0.1, 0.15) is 35.8 Å². The zero-order valence-electron chi connectivity index (χ0n) is 21.6. The highest BCUT2D eigenvalue weighted by molar-refractivity contribution is 7.10. The van der Waals surface area contributed by atoms with Crippen LogP contribution in [0.5, 0.6) is 5.75 Å². The van der Waals surface area contributed by atoms with Crippen molar-refractivity contribution < 1.29 is 9.53 Å². The average Bonchev–Trinajstić information content (AvgIpc) is 3.43. The molecule has 0 aliphatic carbocycles. The van der Waals surface area contributed by atoms with E-state index < -0.39 is 0 Å². The van der Waals surface area contributed by atoms with Crippen molar-refractivity contribution in [2.75, 3.05) is 52.6 Å². The van der Waals surface area contributed by atoms with Crippen LogP contribution in [0.15, 0.2) is 72.1 Å². The van der Waals surface area contributed by atoms with E-state index in [0.29, 0.717) is 12.3 Å². The molecule has 192 valence electrons. The van der Waals surface area contributed by atoms with Crippen LogP contribution in [0.25, 0.3) is 0 Å². The standard InChI is InChI=1S/C29H38N4O2S/c1-30-18-15-26(27-14-9-21-36-27)35-25-13-8-7-12-24(25)31-28(34)22-33-19-16-29(17-20-33,32(2)3)23-10-5-4-6-11-23/h4-14,21,26,30H,15-20,22H2,1-3H3,(H,31,34)/t26-/m1/s1. The van der Waals surface area contributed by atoms with Crippen molar-refractivity contribution in [3.8, 4) is 5.75 Å². The molecule has 1 saturated heterocycles. The number of ether oxygens (including phenoxy) is 1. The molecule has 0 bridgehead atoms. The van der Waals surface area contributed by atoms with E-state index in [0.717, 1.165) is 44.6 Å². The van der Waals surface area contributed by atoms with Crippen molar-refractivity contribution in [2.24, 2.45) is 0 Å². The fourth-order valence-corrected chi connectivity index (χ4v) is 5.84. The van der Waals surface area contributed by atoms with Crippen molar-refractivity contribution >= 4 is 22.9 Å². The molecule has 6 nitrogen and oxygen atoms in total. The molecule has 7 heteroatoms. The molecule has 1 aliphatic heterocycles. The molecule has 1 amide bonds. The van der Waals surface area contributed by atoms with E-state index in [1.807, 2.05) is 37.4 Å². The number of likely N-dealkylation sites (tertiary alicyclic amines) is 1. The second-order valence-corrected chi connectivity index (χ2v) is 10.6. The van der Waals surface area contributed by atoms with Gasteiger partial charge >= 0.3 is 0 Å². The van der Waals surface area contributed by atoms with Gasteiger partial charge in [-0.3, -0.25) is 14.6 Å². The third kappa shape index (κ3) is 6.34. The number of benzene rings is 2.